The zero-order chi connectivity index (χ0) is 14.1. The van der Waals surface area contributed by atoms with Crippen LogP contribution in [0.5, 0.6) is 0 Å². The number of aryl methyl sites for hydroxylation is 2. The maximum atomic E-state index is 12.0. The Hall–Kier alpha value is -1.03. The summed E-state index contributed by atoms with van der Waals surface area (Å²) >= 11 is 0. The quantitative estimate of drug-likeness (QED) is 0.708. The number of aromatic nitrogens is 2. The lowest BCUT2D eigenvalue weighted by molar-refractivity contribution is 0.436. The Labute approximate surface area is 116 Å². The summed E-state index contributed by atoms with van der Waals surface area (Å²) in [5.41, 5.74) is 0.136. The van der Waals surface area contributed by atoms with E-state index in [1.807, 2.05) is 17.0 Å². The van der Waals surface area contributed by atoms with Gasteiger partial charge in [-0.3, -0.25) is 9.13 Å². The molecule has 1 unspecified atom stereocenters. The van der Waals surface area contributed by atoms with Crippen molar-refractivity contribution in [2.24, 2.45) is 0 Å². The van der Waals surface area contributed by atoms with Gasteiger partial charge in [0.15, 0.2) is 0 Å². The largest absolute Gasteiger partial charge is 0.328 e. The van der Waals surface area contributed by atoms with E-state index in [1.54, 1.807) is 4.57 Å². The molecule has 1 N–H and O–H groups in total. The van der Waals surface area contributed by atoms with Crippen molar-refractivity contribution in [1.29, 1.82) is 0 Å². The first-order valence-electron chi connectivity index (χ1n) is 7.71. The fraction of sp³-hybridized carbons (Fsp3) is 0.800. The van der Waals surface area contributed by atoms with Crippen molar-refractivity contribution in [3.05, 3.63) is 22.9 Å². The molecule has 1 atom stereocenters. The normalized spacial score (nSPS) is 12.8. The number of nitrogens with zero attached hydrogens (tertiary/aromatic N) is 2. The second kappa shape index (κ2) is 8.97. The zero-order valence-corrected chi connectivity index (χ0v) is 12.7. The van der Waals surface area contributed by atoms with Gasteiger partial charge in [0.1, 0.15) is 0 Å². The van der Waals surface area contributed by atoms with Gasteiger partial charge in [-0.1, -0.05) is 20.8 Å². The topological polar surface area (TPSA) is 39.0 Å². The number of nitrogens with one attached hydrogen (secondary N) is 1. The average molecular weight is 267 g/mol. The van der Waals surface area contributed by atoms with E-state index in [1.165, 1.54) is 6.42 Å². The SMILES string of the molecule is CCCNC(CC)CCCn1ccn(CCC)c1=O. The monoisotopic (exact) mass is 267 g/mol. The predicted octanol–water partition coefficient (Wildman–Crippen LogP) is 2.62. The molecule has 0 bridgehead atoms. The summed E-state index contributed by atoms with van der Waals surface area (Å²) in [4.78, 5) is 12.0. The van der Waals surface area contributed by atoms with E-state index in [4.69, 9.17) is 0 Å². The summed E-state index contributed by atoms with van der Waals surface area (Å²) in [6, 6.07) is 0.591. The first-order chi connectivity index (χ1) is 9.22. The Morgan fingerprint density at radius 2 is 1.79 bits per heavy atom. The molecule has 1 rings (SSSR count). The van der Waals surface area contributed by atoms with E-state index in [2.05, 4.69) is 26.1 Å². The van der Waals surface area contributed by atoms with Crippen LogP contribution in [0.15, 0.2) is 17.2 Å². The third kappa shape index (κ3) is 5.23. The average Bonchev–Trinajstić information content (AvgIpc) is 2.76. The second-order valence-electron chi connectivity index (χ2n) is 5.17. The van der Waals surface area contributed by atoms with Gasteiger partial charge in [0, 0.05) is 31.5 Å². The molecule has 0 aliphatic heterocycles. The molecule has 0 saturated heterocycles. The molecule has 0 saturated carbocycles. The Morgan fingerprint density at radius 1 is 1.11 bits per heavy atom. The Bertz CT molecular complexity index is 394. The van der Waals surface area contributed by atoms with E-state index < -0.39 is 0 Å². The van der Waals surface area contributed by atoms with Crippen molar-refractivity contribution in [3.8, 4) is 0 Å². The van der Waals surface area contributed by atoms with Crippen molar-refractivity contribution in [3.63, 3.8) is 0 Å². The first kappa shape index (κ1) is 16.0. The molecular formula is C15H29N3O. The summed E-state index contributed by atoms with van der Waals surface area (Å²) in [5.74, 6) is 0. The summed E-state index contributed by atoms with van der Waals surface area (Å²) in [7, 11) is 0. The van der Waals surface area contributed by atoms with Gasteiger partial charge in [0.05, 0.1) is 0 Å². The van der Waals surface area contributed by atoms with E-state index in [-0.39, 0.29) is 5.69 Å². The highest BCUT2D eigenvalue weighted by molar-refractivity contribution is 4.81. The highest BCUT2D eigenvalue weighted by Crippen LogP contribution is 2.03. The second-order valence-corrected chi connectivity index (χ2v) is 5.17. The molecule has 0 aromatic carbocycles. The minimum absolute atomic E-state index is 0.136. The zero-order valence-electron chi connectivity index (χ0n) is 12.7. The van der Waals surface area contributed by atoms with Crippen molar-refractivity contribution in [2.75, 3.05) is 6.54 Å². The Kier molecular flexibility index (Phi) is 7.56. The van der Waals surface area contributed by atoms with Crippen LogP contribution in [-0.2, 0) is 13.1 Å². The molecule has 1 aromatic rings. The Balaban J connectivity index is 2.37. The number of imidazole rings is 1. The predicted molar refractivity (Wildman–Crippen MR) is 80.6 cm³/mol. The standard InChI is InChI=1S/C15H29N3O/c1-4-9-16-14(6-3)8-7-11-18-13-12-17(10-5-2)15(18)19/h12-14,16H,4-11H2,1-3H3. The minimum atomic E-state index is 0.136. The highest BCUT2D eigenvalue weighted by Gasteiger charge is 2.06. The van der Waals surface area contributed by atoms with Gasteiger partial charge in [-0.05, 0) is 38.6 Å². The molecule has 0 spiro atoms. The number of hydrogen-bond donors (Lipinski definition) is 1. The van der Waals surface area contributed by atoms with Crippen LogP contribution in [0.2, 0.25) is 0 Å². The van der Waals surface area contributed by atoms with Gasteiger partial charge in [-0.15, -0.1) is 0 Å². The number of hydrogen-bond acceptors (Lipinski definition) is 2. The summed E-state index contributed by atoms with van der Waals surface area (Å²) in [6.07, 6.45) is 9.36. The molecule has 0 aliphatic carbocycles. The third-order valence-corrected chi connectivity index (χ3v) is 3.51. The van der Waals surface area contributed by atoms with Gasteiger partial charge < -0.3 is 5.32 Å². The maximum absolute atomic E-state index is 12.0. The van der Waals surface area contributed by atoms with Crippen molar-refractivity contribution in [1.82, 2.24) is 14.5 Å². The molecule has 110 valence electrons. The lowest BCUT2D eigenvalue weighted by Gasteiger charge is -2.16. The fourth-order valence-corrected chi connectivity index (χ4v) is 2.34. The molecule has 0 fully saturated rings. The molecule has 0 radical (unpaired) electrons. The maximum Gasteiger partial charge on any atom is 0.328 e. The van der Waals surface area contributed by atoms with Gasteiger partial charge >= 0.3 is 5.69 Å². The van der Waals surface area contributed by atoms with Gasteiger partial charge in [0.25, 0.3) is 0 Å². The molecule has 0 amide bonds. The molecule has 0 aliphatic rings. The Morgan fingerprint density at radius 3 is 2.37 bits per heavy atom. The molecule has 4 heteroatoms. The van der Waals surface area contributed by atoms with Gasteiger partial charge in [0.2, 0.25) is 0 Å². The molecule has 19 heavy (non-hydrogen) atoms. The van der Waals surface area contributed by atoms with Crippen LogP contribution in [-0.4, -0.2) is 21.7 Å². The molecular weight excluding hydrogens is 238 g/mol. The lowest BCUT2D eigenvalue weighted by Crippen LogP contribution is -2.30. The first-order valence-corrected chi connectivity index (χ1v) is 7.71. The smallest absolute Gasteiger partial charge is 0.314 e. The van der Waals surface area contributed by atoms with Crippen LogP contribution in [0.25, 0.3) is 0 Å². The highest BCUT2D eigenvalue weighted by atomic mass is 16.1. The van der Waals surface area contributed by atoms with E-state index in [0.29, 0.717) is 6.04 Å². The van der Waals surface area contributed by atoms with Crippen LogP contribution in [0, 0.1) is 0 Å². The van der Waals surface area contributed by atoms with Gasteiger partial charge in [-0.2, -0.15) is 0 Å². The summed E-state index contributed by atoms with van der Waals surface area (Å²) in [5, 5.41) is 3.55. The summed E-state index contributed by atoms with van der Waals surface area (Å²) in [6.45, 7) is 9.24. The third-order valence-electron chi connectivity index (χ3n) is 3.51. The fourth-order valence-electron chi connectivity index (χ4n) is 2.34. The van der Waals surface area contributed by atoms with Crippen LogP contribution >= 0.6 is 0 Å². The van der Waals surface area contributed by atoms with Crippen LogP contribution < -0.4 is 11.0 Å². The summed E-state index contributed by atoms with van der Waals surface area (Å²) < 4.78 is 3.63. The minimum Gasteiger partial charge on any atom is -0.314 e. The molecule has 1 heterocycles. The van der Waals surface area contributed by atoms with Crippen molar-refractivity contribution >= 4 is 0 Å². The molecule has 1 aromatic heterocycles. The number of rotatable bonds is 10. The van der Waals surface area contributed by atoms with Crippen LogP contribution in [0.1, 0.15) is 52.9 Å². The van der Waals surface area contributed by atoms with Crippen LogP contribution in [0.3, 0.4) is 0 Å². The van der Waals surface area contributed by atoms with Crippen LogP contribution in [0.4, 0.5) is 0 Å². The molecule has 4 nitrogen and oxygen atoms in total. The lowest BCUT2D eigenvalue weighted by atomic mass is 10.1. The van der Waals surface area contributed by atoms with E-state index in [0.717, 1.165) is 45.3 Å². The van der Waals surface area contributed by atoms with E-state index in [9.17, 15) is 4.79 Å². The van der Waals surface area contributed by atoms with Crippen molar-refractivity contribution in [2.45, 2.75) is 72.0 Å². The van der Waals surface area contributed by atoms with Gasteiger partial charge in [-0.25, -0.2) is 4.79 Å². The van der Waals surface area contributed by atoms with E-state index >= 15 is 0 Å². The van der Waals surface area contributed by atoms with Crippen molar-refractivity contribution < 1.29 is 0 Å².